The number of β-amino-alcohol motifs (C(OH)–C–C–N with tert-alkyl or cyclic N) is 1. The number of hydrogen-bond acceptors (Lipinski definition) is 3. The summed E-state index contributed by atoms with van der Waals surface area (Å²) in [5, 5.41) is 10.9. The average Bonchev–Trinajstić information content (AvgIpc) is 2.69. The molecule has 0 bridgehead atoms. The van der Waals surface area contributed by atoms with Crippen LogP contribution in [-0.2, 0) is 0 Å². The number of nitrogens with zero attached hydrogens (tertiary/aromatic N) is 1. The highest BCUT2D eigenvalue weighted by atomic mass is 35.5. The normalized spacial score (nSPS) is 18.6. The summed E-state index contributed by atoms with van der Waals surface area (Å²) in [5.74, 6) is 0.522. The zero-order chi connectivity index (χ0) is 14.4. The van der Waals surface area contributed by atoms with E-state index in [1.54, 1.807) is 18.2 Å². The lowest BCUT2D eigenvalue weighted by atomic mass is 10.2. The highest BCUT2D eigenvalue weighted by Gasteiger charge is 2.15. The number of rotatable bonds is 5. The predicted molar refractivity (Wildman–Crippen MR) is 82.9 cm³/mol. The fourth-order valence-corrected chi connectivity index (χ4v) is 2.80. The minimum atomic E-state index is -0.511. The lowest BCUT2D eigenvalue weighted by molar-refractivity contribution is 0.0694. The minimum absolute atomic E-state index is 0.233. The van der Waals surface area contributed by atoms with Gasteiger partial charge in [-0.2, -0.15) is 0 Å². The van der Waals surface area contributed by atoms with Crippen molar-refractivity contribution < 1.29 is 9.84 Å². The molecule has 0 saturated carbocycles. The number of ether oxygens (including phenoxy) is 1. The Bertz CT molecular complexity index is 420. The van der Waals surface area contributed by atoms with Crippen LogP contribution in [0.3, 0.4) is 0 Å². The van der Waals surface area contributed by atoms with Crippen LogP contribution in [0.5, 0.6) is 5.75 Å². The van der Waals surface area contributed by atoms with Gasteiger partial charge >= 0.3 is 0 Å². The third-order valence-electron chi connectivity index (χ3n) is 3.52. The summed E-state index contributed by atoms with van der Waals surface area (Å²) < 4.78 is 5.56. The number of halogens is 2. The summed E-state index contributed by atoms with van der Waals surface area (Å²) in [6, 6.07) is 5.25. The van der Waals surface area contributed by atoms with E-state index >= 15 is 0 Å². The zero-order valence-corrected chi connectivity index (χ0v) is 13.0. The van der Waals surface area contributed by atoms with Crippen LogP contribution < -0.4 is 4.74 Å². The molecule has 3 nitrogen and oxygen atoms in total. The van der Waals surface area contributed by atoms with Crippen LogP contribution in [0.25, 0.3) is 0 Å². The van der Waals surface area contributed by atoms with E-state index in [-0.39, 0.29) is 6.61 Å². The number of benzene rings is 1. The van der Waals surface area contributed by atoms with Crippen molar-refractivity contribution in [1.82, 2.24) is 4.90 Å². The number of aliphatic hydroxyl groups is 1. The Balaban J connectivity index is 1.79. The van der Waals surface area contributed by atoms with Gasteiger partial charge in [0.2, 0.25) is 0 Å². The Morgan fingerprint density at radius 2 is 1.85 bits per heavy atom. The van der Waals surface area contributed by atoms with Crippen LogP contribution in [0.1, 0.15) is 25.7 Å². The standard InChI is InChI=1S/C15H21Cl2NO2/c16-13-6-5-7-14(15(13)17)20-11-12(19)10-18-8-3-1-2-4-9-18/h5-7,12,19H,1-4,8-11H2. The largest absolute Gasteiger partial charge is 0.489 e. The van der Waals surface area contributed by atoms with Crippen molar-refractivity contribution in [2.24, 2.45) is 0 Å². The predicted octanol–water partition coefficient (Wildman–Crippen LogP) is 3.61. The van der Waals surface area contributed by atoms with Crippen molar-refractivity contribution in [2.75, 3.05) is 26.2 Å². The number of aliphatic hydroxyl groups excluding tert-OH is 1. The molecule has 1 heterocycles. The molecule has 1 N–H and O–H groups in total. The Hall–Kier alpha value is -0.480. The SMILES string of the molecule is OC(COc1cccc(Cl)c1Cl)CN1CCCCCC1. The first-order chi connectivity index (χ1) is 9.66. The van der Waals surface area contributed by atoms with E-state index in [0.29, 0.717) is 22.3 Å². The van der Waals surface area contributed by atoms with Gasteiger partial charge in [-0.15, -0.1) is 0 Å². The van der Waals surface area contributed by atoms with Gasteiger partial charge in [-0.25, -0.2) is 0 Å². The van der Waals surface area contributed by atoms with Crippen molar-refractivity contribution in [3.05, 3.63) is 28.2 Å². The van der Waals surface area contributed by atoms with Crippen molar-refractivity contribution in [3.8, 4) is 5.75 Å². The third kappa shape index (κ3) is 4.81. The lowest BCUT2D eigenvalue weighted by Gasteiger charge is -2.23. The van der Waals surface area contributed by atoms with Crippen LogP contribution in [-0.4, -0.2) is 42.4 Å². The molecule has 2 rings (SSSR count). The topological polar surface area (TPSA) is 32.7 Å². The van der Waals surface area contributed by atoms with E-state index in [0.717, 1.165) is 13.1 Å². The summed E-state index contributed by atoms with van der Waals surface area (Å²) in [7, 11) is 0. The molecule has 1 atom stereocenters. The van der Waals surface area contributed by atoms with E-state index in [1.165, 1.54) is 25.7 Å². The van der Waals surface area contributed by atoms with Gasteiger partial charge in [-0.05, 0) is 38.1 Å². The molecule has 112 valence electrons. The van der Waals surface area contributed by atoms with Gasteiger partial charge in [0.15, 0.2) is 0 Å². The Morgan fingerprint density at radius 1 is 1.15 bits per heavy atom. The Morgan fingerprint density at radius 3 is 2.55 bits per heavy atom. The highest BCUT2D eigenvalue weighted by molar-refractivity contribution is 6.42. The quantitative estimate of drug-likeness (QED) is 0.900. The van der Waals surface area contributed by atoms with Crippen LogP contribution in [0.15, 0.2) is 18.2 Å². The van der Waals surface area contributed by atoms with Gasteiger partial charge in [0.05, 0.1) is 5.02 Å². The highest BCUT2D eigenvalue weighted by Crippen LogP contribution is 2.31. The molecule has 1 saturated heterocycles. The minimum Gasteiger partial charge on any atom is -0.489 e. The van der Waals surface area contributed by atoms with Gasteiger partial charge < -0.3 is 14.7 Å². The number of likely N-dealkylation sites (tertiary alicyclic amines) is 1. The molecule has 5 heteroatoms. The molecule has 20 heavy (non-hydrogen) atoms. The summed E-state index contributed by atoms with van der Waals surface area (Å²) in [5.41, 5.74) is 0. The molecule has 1 aromatic rings. The van der Waals surface area contributed by atoms with Crippen molar-refractivity contribution in [3.63, 3.8) is 0 Å². The van der Waals surface area contributed by atoms with Crippen LogP contribution in [0.4, 0.5) is 0 Å². The fourth-order valence-electron chi connectivity index (χ4n) is 2.45. The summed E-state index contributed by atoms with van der Waals surface area (Å²) in [6.07, 6.45) is 4.51. The summed E-state index contributed by atoms with van der Waals surface area (Å²) in [4.78, 5) is 2.31. The second kappa shape index (κ2) is 8.08. The number of hydrogen-bond donors (Lipinski definition) is 1. The van der Waals surface area contributed by atoms with Crippen molar-refractivity contribution in [2.45, 2.75) is 31.8 Å². The van der Waals surface area contributed by atoms with Gasteiger partial charge in [0.25, 0.3) is 0 Å². The lowest BCUT2D eigenvalue weighted by Crippen LogP contribution is -2.36. The van der Waals surface area contributed by atoms with Gasteiger partial charge in [0.1, 0.15) is 23.5 Å². The molecular formula is C15H21Cl2NO2. The molecule has 1 fully saturated rings. The molecule has 0 aromatic heterocycles. The van der Waals surface area contributed by atoms with Gasteiger partial charge in [-0.3, -0.25) is 0 Å². The maximum Gasteiger partial charge on any atom is 0.139 e. The van der Waals surface area contributed by atoms with Gasteiger partial charge in [0, 0.05) is 6.54 Å². The van der Waals surface area contributed by atoms with E-state index in [1.807, 2.05) is 0 Å². The molecule has 0 spiro atoms. The first-order valence-electron chi connectivity index (χ1n) is 7.14. The first kappa shape index (κ1) is 15.9. The average molecular weight is 318 g/mol. The van der Waals surface area contributed by atoms with E-state index in [2.05, 4.69) is 4.90 Å². The fraction of sp³-hybridized carbons (Fsp3) is 0.600. The van der Waals surface area contributed by atoms with Crippen LogP contribution >= 0.6 is 23.2 Å². The molecule has 1 aromatic carbocycles. The Labute approximate surface area is 130 Å². The third-order valence-corrected chi connectivity index (χ3v) is 4.32. The molecule has 0 radical (unpaired) electrons. The van der Waals surface area contributed by atoms with E-state index < -0.39 is 6.10 Å². The maximum absolute atomic E-state index is 10.1. The smallest absolute Gasteiger partial charge is 0.139 e. The summed E-state index contributed by atoms with van der Waals surface area (Å²) >= 11 is 12.0. The van der Waals surface area contributed by atoms with Crippen LogP contribution in [0.2, 0.25) is 10.0 Å². The zero-order valence-electron chi connectivity index (χ0n) is 11.5. The molecule has 0 aliphatic carbocycles. The first-order valence-corrected chi connectivity index (χ1v) is 7.89. The second-order valence-corrected chi connectivity index (χ2v) is 6.02. The van der Waals surface area contributed by atoms with Crippen molar-refractivity contribution in [1.29, 1.82) is 0 Å². The van der Waals surface area contributed by atoms with Gasteiger partial charge in [-0.1, -0.05) is 42.1 Å². The summed E-state index contributed by atoms with van der Waals surface area (Å²) in [6.45, 7) is 3.01. The van der Waals surface area contributed by atoms with Crippen molar-refractivity contribution >= 4 is 23.2 Å². The van der Waals surface area contributed by atoms with E-state index in [9.17, 15) is 5.11 Å². The van der Waals surface area contributed by atoms with E-state index in [4.69, 9.17) is 27.9 Å². The molecular weight excluding hydrogens is 297 g/mol. The monoisotopic (exact) mass is 317 g/mol. The molecule has 1 aliphatic heterocycles. The molecule has 1 aliphatic rings. The molecule has 1 unspecified atom stereocenters. The Kier molecular flexibility index (Phi) is 6.43. The second-order valence-electron chi connectivity index (χ2n) is 5.23. The van der Waals surface area contributed by atoms with Crippen LogP contribution in [0, 0.1) is 0 Å². The molecule has 0 amide bonds. The maximum atomic E-state index is 10.1.